The number of rotatable bonds is 2. The summed E-state index contributed by atoms with van der Waals surface area (Å²) in [5.41, 5.74) is 0. The predicted octanol–water partition coefficient (Wildman–Crippen LogP) is -1.19. The van der Waals surface area contributed by atoms with Crippen LogP contribution in [0.25, 0.3) is 0 Å². The van der Waals surface area contributed by atoms with Crippen molar-refractivity contribution in [2.45, 2.75) is 10.5 Å². The van der Waals surface area contributed by atoms with Crippen LogP contribution in [0.3, 0.4) is 0 Å². The Hall–Kier alpha value is -0.620. The van der Waals surface area contributed by atoms with Crippen LogP contribution in [0.1, 0.15) is 0 Å². The first-order valence-electron chi connectivity index (χ1n) is 5.70. The Balaban J connectivity index is 0.000000403. The molecule has 2 aliphatic rings. The van der Waals surface area contributed by atoms with Crippen LogP contribution in [0, 0.1) is 0 Å². The summed E-state index contributed by atoms with van der Waals surface area (Å²) in [7, 11) is -9.03. The van der Waals surface area contributed by atoms with E-state index in [1.54, 1.807) is 0 Å². The molecule has 0 amide bonds. The molecule has 2 aliphatic carbocycles. The van der Waals surface area contributed by atoms with Gasteiger partial charge < -0.3 is 9.11 Å². The minimum Gasteiger partial charge on any atom is -0.747 e. The average Bonchev–Trinajstić information content (AvgIpc) is 2.37. The fraction of sp³-hybridized carbons (Fsp3) is 0.167. The second-order valence-corrected chi connectivity index (χ2v) is 7.11. The summed E-state index contributed by atoms with van der Waals surface area (Å²) in [5.74, 6) is -1.36. The molecule has 0 aromatic heterocycles. The van der Waals surface area contributed by atoms with Crippen molar-refractivity contribution in [2.75, 3.05) is 0 Å². The van der Waals surface area contributed by atoms with Gasteiger partial charge in [-0.1, -0.05) is 36.5 Å². The molecule has 0 aromatic rings. The van der Waals surface area contributed by atoms with E-state index in [9.17, 15) is 35.5 Å². The third-order valence-corrected chi connectivity index (χ3v) is 4.52. The van der Waals surface area contributed by atoms with Gasteiger partial charge >= 0.3 is 37.7 Å². The van der Waals surface area contributed by atoms with Crippen LogP contribution in [0.5, 0.6) is 0 Å². The first-order valence-corrected chi connectivity index (χ1v) is 8.64. The van der Waals surface area contributed by atoms with Crippen molar-refractivity contribution in [3.63, 3.8) is 0 Å². The van der Waals surface area contributed by atoms with Gasteiger partial charge in [-0.25, -0.2) is 16.8 Å². The van der Waals surface area contributed by atoms with Crippen molar-refractivity contribution >= 4 is 69.5 Å². The summed E-state index contributed by atoms with van der Waals surface area (Å²) < 4.78 is 62.0. The van der Waals surface area contributed by atoms with Gasteiger partial charge in [0.2, 0.25) is 0 Å². The van der Waals surface area contributed by atoms with E-state index in [2.05, 4.69) is 0 Å². The van der Waals surface area contributed by atoms with E-state index in [1.807, 2.05) is 0 Å². The summed E-state index contributed by atoms with van der Waals surface area (Å²) in [5, 5.41) is -3.04. The fourth-order valence-electron chi connectivity index (χ4n) is 1.49. The van der Waals surface area contributed by atoms with Crippen LogP contribution in [-0.4, -0.2) is 85.7 Å². The number of carbonyl (C=O) groups is 2. The molecule has 2 rings (SSSR count). The Kier molecular flexibility index (Phi) is 8.77. The zero-order valence-electron chi connectivity index (χ0n) is 11.6. The van der Waals surface area contributed by atoms with E-state index in [0.717, 1.165) is 24.3 Å². The Bertz CT molecular complexity index is 719. The van der Waals surface area contributed by atoms with Crippen molar-refractivity contribution in [1.29, 1.82) is 0 Å². The van der Waals surface area contributed by atoms with Crippen LogP contribution >= 0.6 is 0 Å². The van der Waals surface area contributed by atoms with E-state index in [0.29, 0.717) is 0 Å². The van der Waals surface area contributed by atoms with Gasteiger partial charge in [-0.05, 0) is 12.2 Å². The summed E-state index contributed by atoms with van der Waals surface area (Å²) in [6.45, 7) is 0. The van der Waals surface area contributed by atoms with Crippen molar-refractivity contribution in [3.05, 3.63) is 48.6 Å². The van der Waals surface area contributed by atoms with E-state index in [4.69, 9.17) is 0 Å². The van der Waals surface area contributed by atoms with Crippen molar-refractivity contribution in [2.24, 2.45) is 0 Å². The molecular weight excluding hydrogens is 376 g/mol. The molecule has 0 aromatic carbocycles. The van der Waals surface area contributed by atoms with Gasteiger partial charge in [0.05, 0.1) is 0 Å². The standard InChI is InChI=1S/2C6H6O4S.Ca/c2*7-5-3-1-2-4-6(5)11(8,9)10;/h2*1-4,6H,(H,8,9,10);/q;;+2/p-2. The molecule has 8 nitrogen and oxygen atoms in total. The molecule has 0 heterocycles. The molecule has 2 unspecified atom stereocenters. The maximum Gasteiger partial charge on any atom is 2.00 e. The second kappa shape index (κ2) is 9.02. The minimum absolute atomic E-state index is 0. The van der Waals surface area contributed by atoms with Gasteiger partial charge in [-0.2, -0.15) is 0 Å². The van der Waals surface area contributed by atoms with Gasteiger partial charge in [-0.15, -0.1) is 0 Å². The van der Waals surface area contributed by atoms with E-state index >= 15 is 0 Å². The Labute approximate surface area is 163 Å². The molecule has 0 bridgehead atoms. The molecule has 0 radical (unpaired) electrons. The van der Waals surface area contributed by atoms with E-state index < -0.39 is 42.3 Å². The molecule has 120 valence electrons. The van der Waals surface area contributed by atoms with Gasteiger partial charge in [0.25, 0.3) is 0 Å². The van der Waals surface area contributed by atoms with Gasteiger partial charge in [-0.3, -0.25) is 9.59 Å². The molecule has 0 aliphatic heterocycles. The van der Waals surface area contributed by atoms with Crippen LogP contribution in [0.2, 0.25) is 0 Å². The molecule has 0 fully saturated rings. The monoisotopic (exact) mass is 386 g/mol. The zero-order valence-corrected chi connectivity index (χ0v) is 15.4. The molecule has 0 saturated carbocycles. The van der Waals surface area contributed by atoms with Crippen molar-refractivity contribution < 1.29 is 35.5 Å². The largest absolute Gasteiger partial charge is 2.00 e. The summed E-state index contributed by atoms with van der Waals surface area (Å²) in [6.07, 6.45) is 9.80. The Morgan fingerprint density at radius 2 is 1.00 bits per heavy atom. The van der Waals surface area contributed by atoms with Crippen LogP contribution < -0.4 is 0 Å². The third-order valence-electron chi connectivity index (χ3n) is 2.50. The molecule has 2 atom stereocenters. The Morgan fingerprint density at radius 1 is 0.696 bits per heavy atom. The van der Waals surface area contributed by atoms with Gasteiger partial charge in [0, 0.05) is 0 Å². The third kappa shape index (κ3) is 7.21. The summed E-state index contributed by atoms with van der Waals surface area (Å²) in [6, 6.07) is 0. The topological polar surface area (TPSA) is 149 Å². The molecule has 0 N–H and O–H groups in total. The minimum atomic E-state index is -4.51. The normalized spacial score (nSPS) is 23.0. The molecule has 0 spiro atoms. The second-order valence-electron chi connectivity index (χ2n) is 4.12. The molecule has 23 heavy (non-hydrogen) atoms. The molecule has 0 saturated heterocycles. The first-order chi connectivity index (χ1) is 10.0. The number of carbonyl (C=O) groups excluding carboxylic acids is 2. The van der Waals surface area contributed by atoms with E-state index in [-0.39, 0.29) is 37.7 Å². The molecular formula is C12H10CaO8S2. The van der Waals surface area contributed by atoms with Crippen LogP contribution in [-0.2, 0) is 29.8 Å². The first kappa shape index (κ1) is 22.4. The van der Waals surface area contributed by atoms with E-state index in [1.165, 1.54) is 24.3 Å². The summed E-state index contributed by atoms with van der Waals surface area (Å²) >= 11 is 0. The number of hydrogen-bond acceptors (Lipinski definition) is 8. The van der Waals surface area contributed by atoms with Crippen molar-refractivity contribution in [3.8, 4) is 0 Å². The fourth-order valence-corrected chi connectivity index (χ4v) is 2.78. The Morgan fingerprint density at radius 3 is 1.17 bits per heavy atom. The average molecular weight is 386 g/mol. The maximum absolute atomic E-state index is 10.7. The van der Waals surface area contributed by atoms with Crippen LogP contribution in [0.4, 0.5) is 0 Å². The smallest absolute Gasteiger partial charge is 0.747 e. The van der Waals surface area contributed by atoms with Gasteiger partial charge in [0.15, 0.2) is 11.6 Å². The molecule has 11 heteroatoms. The number of hydrogen-bond donors (Lipinski definition) is 0. The zero-order chi connectivity index (χ0) is 17.0. The summed E-state index contributed by atoms with van der Waals surface area (Å²) in [4.78, 5) is 21.4. The predicted molar refractivity (Wildman–Crippen MR) is 79.3 cm³/mol. The maximum atomic E-state index is 10.7. The number of allylic oxidation sites excluding steroid dienone is 6. The SMILES string of the molecule is O=C1C=CC=CC1S(=O)(=O)[O-].O=C1C=CC=CC1S(=O)(=O)[O-].[Ca+2]. The quantitative estimate of drug-likeness (QED) is 0.425. The number of ketones is 2. The van der Waals surface area contributed by atoms with Crippen molar-refractivity contribution in [1.82, 2.24) is 0 Å². The van der Waals surface area contributed by atoms with Gasteiger partial charge in [0.1, 0.15) is 30.7 Å². The van der Waals surface area contributed by atoms with Crippen LogP contribution in [0.15, 0.2) is 48.6 Å².